The molecule has 6 nitrogen and oxygen atoms in total. The van der Waals surface area contributed by atoms with Crippen LogP contribution in [0.1, 0.15) is 60.9 Å². The average molecular weight is 346 g/mol. The number of thiophene rings is 1. The predicted molar refractivity (Wildman–Crippen MR) is 94.4 cm³/mol. The monoisotopic (exact) mass is 346 g/mol. The van der Waals surface area contributed by atoms with Gasteiger partial charge in [-0.25, -0.2) is 0 Å². The number of aliphatic imine (C=N–C) groups is 1. The molecule has 0 saturated heterocycles. The third-order valence-corrected chi connectivity index (χ3v) is 5.90. The lowest BCUT2D eigenvalue weighted by Gasteiger charge is -2.17. The summed E-state index contributed by atoms with van der Waals surface area (Å²) in [5.74, 6) is 1.18. The van der Waals surface area contributed by atoms with E-state index in [1.165, 1.54) is 17.6 Å². The maximum Gasteiger partial charge on any atom is 0.308 e. The van der Waals surface area contributed by atoms with E-state index in [1.54, 1.807) is 11.3 Å². The maximum atomic E-state index is 11.7. The Balaban J connectivity index is 2.19. The van der Waals surface area contributed by atoms with E-state index in [4.69, 9.17) is 4.74 Å². The number of esters is 1. The number of aromatic nitrogens is 3. The van der Waals surface area contributed by atoms with Crippen molar-refractivity contribution in [3.63, 3.8) is 0 Å². The summed E-state index contributed by atoms with van der Waals surface area (Å²) in [6, 6.07) is -0.379. The van der Waals surface area contributed by atoms with Crippen molar-refractivity contribution in [2.24, 2.45) is 4.99 Å². The molecular formula is C17H22N4O2S. The van der Waals surface area contributed by atoms with E-state index >= 15 is 0 Å². The smallest absolute Gasteiger partial charge is 0.308 e. The second-order valence-corrected chi connectivity index (χ2v) is 8.04. The van der Waals surface area contributed by atoms with Crippen molar-refractivity contribution in [3.8, 4) is 5.00 Å². The molecule has 3 rings (SSSR count). The number of rotatable bonds is 2. The molecule has 0 unspecified atom stereocenters. The lowest BCUT2D eigenvalue weighted by Crippen LogP contribution is -2.11. The number of hydrogen-bond donors (Lipinski definition) is 0. The van der Waals surface area contributed by atoms with Gasteiger partial charge in [-0.05, 0) is 24.8 Å². The summed E-state index contributed by atoms with van der Waals surface area (Å²) < 4.78 is 6.82. The minimum absolute atomic E-state index is 0.0578. The molecule has 1 atom stereocenters. The summed E-state index contributed by atoms with van der Waals surface area (Å²) in [6.45, 7) is 10.7. The summed E-state index contributed by atoms with van der Waals surface area (Å²) >= 11 is 1.75. The molecule has 0 aromatic carbocycles. The van der Waals surface area contributed by atoms with Gasteiger partial charge in [0.2, 0.25) is 0 Å². The molecule has 128 valence electrons. The van der Waals surface area contributed by atoms with Crippen molar-refractivity contribution >= 4 is 23.5 Å². The second-order valence-electron chi connectivity index (χ2n) is 7.04. The Morgan fingerprint density at radius 3 is 2.67 bits per heavy atom. The molecule has 2 aromatic heterocycles. The summed E-state index contributed by atoms with van der Waals surface area (Å²) in [4.78, 5) is 17.7. The Labute approximate surface area is 145 Å². The zero-order valence-electron chi connectivity index (χ0n) is 14.9. The van der Waals surface area contributed by atoms with Gasteiger partial charge in [0.05, 0.1) is 13.5 Å². The number of aryl methyl sites for hydroxylation is 1. The highest BCUT2D eigenvalue weighted by Gasteiger charge is 2.31. The Kier molecular flexibility index (Phi) is 4.07. The minimum Gasteiger partial charge on any atom is -0.469 e. The highest BCUT2D eigenvalue weighted by Crippen LogP contribution is 2.41. The van der Waals surface area contributed by atoms with Crippen molar-refractivity contribution < 1.29 is 9.53 Å². The molecule has 0 bridgehead atoms. The number of carbonyl (C=O) groups excluding carboxylic acids is 1. The number of ether oxygens (including phenoxy) is 1. The number of fused-ring (bicyclic) bond motifs is 3. The molecule has 24 heavy (non-hydrogen) atoms. The van der Waals surface area contributed by atoms with Crippen molar-refractivity contribution in [1.82, 2.24) is 14.8 Å². The van der Waals surface area contributed by atoms with Crippen molar-refractivity contribution in [3.05, 3.63) is 27.7 Å². The largest absolute Gasteiger partial charge is 0.469 e. The van der Waals surface area contributed by atoms with Crippen LogP contribution < -0.4 is 0 Å². The van der Waals surface area contributed by atoms with Gasteiger partial charge in [0, 0.05) is 16.7 Å². The van der Waals surface area contributed by atoms with Crippen LogP contribution in [-0.4, -0.2) is 34.1 Å². The third kappa shape index (κ3) is 2.66. The number of hydrogen-bond acceptors (Lipinski definition) is 6. The Hall–Kier alpha value is -2.02. The van der Waals surface area contributed by atoms with Crippen LogP contribution in [0, 0.1) is 13.8 Å². The highest BCUT2D eigenvalue weighted by molar-refractivity contribution is 7.15. The maximum absolute atomic E-state index is 11.7. The molecule has 0 aliphatic carbocycles. The Morgan fingerprint density at radius 2 is 2.04 bits per heavy atom. The molecule has 0 radical (unpaired) electrons. The van der Waals surface area contributed by atoms with Crippen LogP contribution in [0.4, 0.5) is 0 Å². The first-order valence-electron chi connectivity index (χ1n) is 7.90. The van der Waals surface area contributed by atoms with E-state index in [1.807, 2.05) is 17.7 Å². The Bertz CT molecular complexity index is 826. The van der Waals surface area contributed by atoms with Gasteiger partial charge in [0.15, 0.2) is 5.82 Å². The lowest BCUT2D eigenvalue weighted by atomic mass is 9.91. The van der Waals surface area contributed by atoms with E-state index in [0.29, 0.717) is 5.82 Å². The van der Waals surface area contributed by atoms with Crippen molar-refractivity contribution in [1.29, 1.82) is 0 Å². The molecule has 1 aliphatic rings. The quantitative estimate of drug-likeness (QED) is 0.783. The summed E-state index contributed by atoms with van der Waals surface area (Å²) in [7, 11) is 1.38. The first kappa shape index (κ1) is 16.8. The van der Waals surface area contributed by atoms with Gasteiger partial charge in [-0.2, -0.15) is 0 Å². The first-order chi connectivity index (χ1) is 11.2. The van der Waals surface area contributed by atoms with E-state index in [2.05, 4.69) is 42.9 Å². The van der Waals surface area contributed by atoms with Gasteiger partial charge in [-0.15, -0.1) is 21.5 Å². The number of methoxy groups -OCH3 is 1. The molecule has 0 saturated carbocycles. The minimum atomic E-state index is -0.379. The molecule has 1 aliphatic heterocycles. The van der Waals surface area contributed by atoms with E-state index in [9.17, 15) is 4.79 Å². The van der Waals surface area contributed by atoms with Gasteiger partial charge in [-0.1, -0.05) is 20.8 Å². The van der Waals surface area contributed by atoms with E-state index < -0.39 is 0 Å². The van der Waals surface area contributed by atoms with E-state index in [0.717, 1.165) is 16.4 Å². The molecule has 0 spiro atoms. The van der Waals surface area contributed by atoms with Crippen molar-refractivity contribution in [2.45, 2.75) is 52.5 Å². The van der Waals surface area contributed by atoms with Gasteiger partial charge < -0.3 is 4.74 Å². The topological polar surface area (TPSA) is 69.4 Å². The van der Waals surface area contributed by atoms with Crippen LogP contribution in [0.15, 0.2) is 4.99 Å². The fourth-order valence-corrected chi connectivity index (χ4v) is 4.40. The van der Waals surface area contributed by atoms with Crippen LogP contribution in [-0.2, 0) is 14.9 Å². The molecule has 2 aromatic rings. The second kappa shape index (κ2) is 5.81. The summed E-state index contributed by atoms with van der Waals surface area (Å²) in [5.41, 5.74) is 2.37. The third-order valence-electron chi connectivity index (χ3n) is 4.18. The fourth-order valence-electron chi connectivity index (χ4n) is 3.01. The van der Waals surface area contributed by atoms with Crippen LogP contribution in [0.5, 0.6) is 0 Å². The molecule has 3 heterocycles. The van der Waals surface area contributed by atoms with Crippen LogP contribution in [0.2, 0.25) is 0 Å². The van der Waals surface area contributed by atoms with Crippen molar-refractivity contribution in [2.75, 3.05) is 7.11 Å². The lowest BCUT2D eigenvalue weighted by molar-refractivity contribution is -0.141. The molecule has 0 fully saturated rings. The normalized spacial score (nSPS) is 16.5. The molecule has 0 amide bonds. The molecule has 0 N–H and O–H groups in total. The Morgan fingerprint density at radius 1 is 1.33 bits per heavy atom. The predicted octanol–water partition coefficient (Wildman–Crippen LogP) is 3.28. The standard InChI is InChI=1S/C17H22N4O2S/c1-9-11-8-18-12(7-13(22)23-6)15-20-19-10(2)21(15)16(11)24-14(9)17(3,4)5/h8,12H,7H2,1-6H3/t12-/m0/s1. The SMILES string of the molecule is COC(=O)C[C@@H]1N=Cc2c(sc(C(C)(C)C)c2C)-n2c(C)nnc21. The molecular weight excluding hydrogens is 324 g/mol. The zero-order chi connectivity index (χ0) is 17.6. The van der Waals surface area contributed by atoms with Gasteiger partial charge in [0.1, 0.15) is 16.9 Å². The van der Waals surface area contributed by atoms with Gasteiger partial charge >= 0.3 is 5.97 Å². The van der Waals surface area contributed by atoms with E-state index in [-0.39, 0.29) is 23.8 Å². The molecule has 7 heteroatoms. The number of carbonyl (C=O) groups is 1. The van der Waals surface area contributed by atoms with Crippen LogP contribution in [0.3, 0.4) is 0 Å². The highest BCUT2D eigenvalue weighted by atomic mass is 32.1. The van der Waals surface area contributed by atoms with Crippen LogP contribution >= 0.6 is 11.3 Å². The first-order valence-corrected chi connectivity index (χ1v) is 8.71. The van der Waals surface area contributed by atoms with Gasteiger partial charge in [-0.3, -0.25) is 14.4 Å². The average Bonchev–Trinajstić information content (AvgIpc) is 2.98. The van der Waals surface area contributed by atoms with Crippen LogP contribution in [0.25, 0.3) is 5.00 Å². The summed E-state index contributed by atoms with van der Waals surface area (Å²) in [6.07, 6.45) is 2.03. The zero-order valence-corrected chi connectivity index (χ0v) is 15.7. The summed E-state index contributed by atoms with van der Waals surface area (Å²) in [5, 5.41) is 9.58. The fraction of sp³-hybridized carbons (Fsp3) is 0.529. The van der Waals surface area contributed by atoms with Gasteiger partial charge in [0.25, 0.3) is 0 Å². The number of nitrogens with zero attached hydrogens (tertiary/aromatic N) is 4.